The Balaban J connectivity index is 2.15. The van der Waals surface area contributed by atoms with Gasteiger partial charge in [0.05, 0.1) is 5.54 Å². The molecule has 0 amide bonds. The van der Waals surface area contributed by atoms with Crippen LogP contribution in [0, 0.1) is 0 Å². The van der Waals surface area contributed by atoms with Gasteiger partial charge in [-0.25, -0.2) is 4.79 Å². The normalized spacial score (nSPS) is 16.8. The van der Waals surface area contributed by atoms with Crippen molar-refractivity contribution in [2.24, 2.45) is 4.99 Å². The first-order valence-electron chi connectivity index (χ1n) is 5.27. The third kappa shape index (κ3) is 1.34. The molecule has 78 valence electrons. The average molecular weight is 210 g/mol. The minimum Gasteiger partial charge on any atom is -0.264 e. The average Bonchev–Trinajstić information content (AvgIpc) is 3.10. The maximum atomic E-state index is 10.4. The van der Waals surface area contributed by atoms with Gasteiger partial charge in [-0.05, 0) is 35.9 Å². The highest BCUT2D eigenvalue weighted by molar-refractivity contribution is 5.82. The summed E-state index contributed by atoms with van der Waals surface area (Å²) in [5, 5.41) is 2.25. The number of aromatic nitrogens is 1. The maximum absolute atomic E-state index is 10.4. The molecular formula is C13H10N2O. The molecule has 0 aliphatic heterocycles. The van der Waals surface area contributed by atoms with Crippen molar-refractivity contribution in [1.82, 2.24) is 4.98 Å². The van der Waals surface area contributed by atoms with Gasteiger partial charge >= 0.3 is 0 Å². The zero-order chi connectivity index (χ0) is 11.0. The van der Waals surface area contributed by atoms with E-state index >= 15 is 0 Å². The lowest BCUT2D eigenvalue weighted by Gasteiger charge is -2.08. The van der Waals surface area contributed by atoms with E-state index in [-0.39, 0.29) is 5.54 Å². The molecule has 1 aromatic heterocycles. The monoisotopic (exact) mass is 210 g/mol. The fourth-order valence-electron chi connectivity index (χ4n) is 2.04. The number of pyridine rings is 1. The lowest BCUT2D eigenvalue weighted by atomic mass is 10.0. The Kier molecular flexibility index (Phi) is 1.88. The Hall–Kier alpha value is -1.99. The Morgan fingerprint density at radius 1 is 1.25 bits per heavy atom. The van der Waals surface area contributed by atoms with Crippen molar-refractivity contribution in [2.75, 3.05) is 0 Å². The number of hydrogen-bond donors (Lipinski definition) is 0. The summed E-state index contributed by atoms with van der Waals surface area (Å²) in [4.78, 5) is 18.4. The third-order valence-electron chi connectivity index (χ3n) is 3.16. The van der Waals surface area contributed by atoms with Gasteiger partial charge in [0.2, 0.25) is 6.08 Å². The highest BCUT2D eigenvalue weighted by atomic mass is 16.1. The molecule has 1 aliphatic rings. The Bertz CT molecular complexity index is 596. The second-order valence-electron chi connectivity index (χ2n) is 4.17. The number of aliphatic imine (C=N–C) groups is 1. The smallest absolute Gasteiger partial charge is 0.235 e. The van der Waals surface area contributed by atoms with Gasteiger partial charge < -0.3 is 0 Å². The first-order valence-corrected chi connectivity index (χ1v) is 5.27. The molecular weight excluding hydrogens is 200 g/mol. The van der Waals surface area contributed by atoms with Crippen LogP contribution in [0.3, 0.4) is 0 Å². The molecule has 3 rings (SSSR count). The summed E-state index contributed by atoms with van der Waals surface area (Å²) in [5.74, 6) is 0. The molecule has 2 aromatic rings. The molecule has 16 heavy (non-hydrogen) atoms. The van der Waals surface area contributed by atoms with E-state index in [9.17, 15) is 4.79 Å². The SMILES string of the molecule is O=C=NC1(c2ccc3cnccc3c2)CC1. The van der Waals surface area contributed by atoms with E-state index in [0.717, 1.165) is 29.2 Å². The number of nitrogens with zero attached hydrogens (tertiary/aromatic N) is 2. The zero-order valence-corrected chi connectivity index (χ0v) is 8.68. The van der Waals surface area contributed by atoms with Crippen LogP contribution in [-0.2, 0) is 10.3 Å². The second-order valence-corrected chi connectivity index (χ2v) is 4.17. The van der Waals surface area contributed by atoms with Crippen LogP contribution in [0.4, 0.5) is 0 Å². The predicted octanol–water partition coefficient (Wildman–Crippen LogP) is 2.56. The van der Waals surface area contributed by atoms with Crippen molar-refractivity contribution < 1.29 is 4.79 Å². The molecule has 1 heterocycles. The van der Waals surface area contributed by atoms with Gasteiger partial charge in [-0.2, -0.15) is 4.99 Å². The quantitative estimate of drug-likeness (QED) is 0.564. The molecule has 0 unspecified atom stereocenters. The van der Waals surface area contributed by atoms with Gasteiger partial charge in [0.15, 0.2) is 0 Å². The topological polar surface area (TPSA) is 42.3 Å². The summed E-state index contributed by atoms with van der Waals surface area (Å²) < 4.78 is 0. The molecule has 0 N–H and O–H groups in total. The van der Waals surface area contributed by atoms with Gasteiger partial charge in [0, 0.05) is 17.8 Å². The van der Waals surface area contributed by atoms with Crippen LogP contribution in [0.15, 0.2) is 41.7 Å². The summed E-state index contributed by atoms with van der Waals surface area (Å²) in [5.41, 5.74) is 0.828. The first kappa shape index (κ1) is 9.25. The summed E-state index contributed by atoms with van der Waals surface area (Å²) in [7, 11) is 0. The van der Waals surface area contributed by atoms with E-state index in [0.29, 0.717) is 0 Å². The van der Waals surface area contributed by atoms with Crippen molar-refractivity contribution in [2.45, 2.75) is 18.4 Å². The van der Waals surface area contributed by atoms with Crippen molar-refractivity contribution in [3.05, 3.63) is 42.2 Å². The summed E-state index contributed by atoms with van der Waals surface area (Å²) in [6, 6.07) is 8.11. The van der Waals surface area contributed by atoms with Crippen molar-refractivity contribution >= 4 is 16.9 Å². The summed E-state index contributed by atoms with van der Waals surface area (Å²) in [6.07, 6.45) is 7.17. The number of hydrogen-bond acceptors (Lipinski definition) is 3. The largest absolute Gasteiger partial charge is 0.264 e. The molecule has 0 radical (unpaired) electrons. The van der Waals surface area contributed by atoms with Gasteiger partial charge in [0.25, 0.3) is 0 Å². The fraction of sp³-hybridized carbons (Fsp3) is 0.231. The van der Waals surface area contributed by atoms with Crippen LogP contribution < -0.4 is 0 Å². The van der Waals surface area contributed by atoms with E-state index in [2.05, 4.69) is 16.0 Å². The molecule has 0 bridgehead atoms. The zero-order valence-electron chi connectivity index (χ0n) is 8.68. The van der Waals surface area contributed by atoms with Gasteiger partial charge in [-0.1, -0.05) is 12.1 Å². The lowest BCUT2D eigenvalue weighted by Crippen LogP contribution is -2.01. The van der Waals surface area contributed by atoms with Crippen molar-refractivity contribution in [1.29, 1.82) is 0 Å². The minimum absolute atomic E-state index is 0.279. The number of rotatable bonds is 2. The van der Waals surface area contributed by atoms with Crippen molar-refractivity contribution in [3.8, 4) is 0 Å². The van der Waals surface area contributed by atoms with Gasteiger partial charge in [-0.3, -0.25) is 4.98 Å². The molecule has 1 fully saturated rings. The molecule has 1 aliphatic carbocycles. The van der Waals surface area contributed by atoms with Gasteiger partial charge in [-0.15, -0.1) is 0 Å². The van der Waals surface area contributed by atoms with Crippen LogP contribution in [0.2, 0.25) is 0 Å². The summed E-state index contributed by atoms with van der Waals surface area (Å²) in [6.45, 7) is 0. The van der Waals surface area contributed by atoms with Gasteiger partial charge in [0.1, 0.15) is 0 Å². The number of fused-ring (bicyclic) bond motifs is 1. The molecule has 3 nitrogen and oxygen atoms in total. The predicted molar refractivity (Wildman–Crippen MR) is 60.8 cm³/mol. The summed E-state index contributed by atoms with van der Waals surface area (Å²) >= 11 is 0. The van der Waals surface area contributed by atoms with E-state index in [4.69, 9.17) is 0 Å². The van der Waals surface area contributed by atoms with Crippen LogP contribution in [0.5, 0.6) is 0 Å². The fourth-order valence-corrected chi connectivity index (χ4v) is 2.04. The Morgan fingerprint density at radius 3 is 2.88 bits per heavy atom. The number of carbonyl (C=O) groups excluding carboxylic acids is 1. The van der Waals surface area contributed by atoms with E-state index in [1.807, 2.05) is 24.4 Å². The molecule has 1 saturated carbocycles. The highest BCUT2D eigenvalue weighted by Gasteiger charge is 2.44. The van der Waals surface area contributed by atoms with Crippen LogP contribution >= 0.6 is 0 Å². The number of benzene rings is 1. The van der Waals surface area contributed by atoms with E-state index in [1.54, 1.807) is 12.3 Å². The second kappa shape index (κ2) is 3.26. The number of isocyanates is 1. The maximum Gasteiger partial charge on any atom is 0.235 e. The lowest BCUT2D eigenvalue weighted by molar-refractivity contribution is 0.556. The first-order chi connectivity index (χ1) is 7.84. The molecule has 3 heteroatoms. The molecule has 0 spiro atoms. The Labute approximate surface area is 92.8 Å². The van der Waals surface area contributed by atoms with E-state index in [1.165, 1.54) is 0 Å². The molecule has 1 aromatic carbocycles. The van der Waals surface area contributed by atoms with Crippen LogP contribution in [0.25, 0.3) is 10.8 Å². The molecule has 0 atom stereocenters. The third-order valence-corrected chi connectivity index (χ3v) is 3.16. The highest BCUT2D eigenvalue weighted by Crippen LogP contribution is 2.49. The van der Waals surface area contributed by atoms with Crippen LogP contribution in [-0.4, -0.2) is 11.1 Å². The van der Waals surface area contributed by atoms with Crippen molar-refractivity contribution in [3.63, 3.8) is 0 Å². The Morgan fingerprint density at radius 2 is 2.12 bits per heavy atom. The van der Waals surface area contributed by atoms with Crippen LogP contribution in [0.1, 0.15) is 18.4 Å². The van der Waals surface area contributed by atoms with E-state index < -0.39 is 0 Å². The minimum atomic E-state index is -0.279. The molecule has 0 saturated heterocycles. The standard InChI is InChI=1S/C13H10N2O/c16-9-15-13(4-5-13)12-2-1-11-8-14-6-3-10(11)7-12/h1-3,6-8H,4-5H2.